The van der Waals surface area contributed by atoms with Crippen molar-refractivity contribution in [3.8, 4) is 11.5 Å². The number of nitrogens with zero attached hydrogens (tertiary/aromatic N) is 1. The molecule has 198 valence electrons. The zero-order chi connectivity index (χ0) is 27.9. The number of carbonyl (C=O) groups is 3. The van der Waals surface area contributed by atoms with Crippen LogP contribution < -0.4 is 10.1 Å². The Hall–Kier alpha value is -4.09. The summed E-state index contributed by atoms with van der Waals surface area (Å²) in [6.07, 6.45) is -4.83. The number of benzene rings is 2. The third kappa shape index (κ3) is 5.37. The normalized spacial score (nSPS) is 14.2. The third-order valence-corrected chi connectivity index (χ3v) is 6.26. The van der Waals surface area contributed by atoms with E-state index in [4.69, 9.17) is 0 Å². The van der Waals surface area contributed by atoms with Gasteiger partial charge in [-0.2, -0.15) is 0 Å². The van der Waals surface area contributed by atoms with E-state index in [-0.39, 0.29) is 34.1 Å². The standard InChI is InChI=1S/C25H24F4N2O6/c1-5-24(4,23(35)36)30-21(33)12(2)20-13(3)31(18-11-17(26)19(32)10-16(18)20)22(34)14-6-8-15(9-7-14)37-25(27,28)29/h6-12,32H,5H2,1-4H3,(H,30,33)(H,35,36). The Kier molecular flexibility index (Phi) is 7.25. The van der Waals surface area contributed by atoms with E-state index >= 15 is 0 Å². The summed E-state index contributed by atoms with van der Waals surface area (Å²) in [7, 11) is 0. The van der Waals surface area contributed by atoms with Gasteiger partial charge in [0.1, 0.15) is 11.3 Å². The quantitative estimate of drug-likeness (QED) is 0.380. The highest BCUT2D eigenvalue weighted by Crippen LogP contribution is 2.36. The molecule has 0 spiro atoms. The first-order valence-electron chi connectivity index (χ1n) is 11.1. The highest BCUT2D eigenvalue weighted by atomic mass is 19.4. The molecule has 0 bridgehead atoms. The summed E-state index contributed by atoms with van der Waals surface area (Å²) in [4.78, 5) is 38.1. The fourth-order valence-electron chi connectivity index (χ4n) is 3.99. The molecular formula is C25H24F4N2O6. The van der Waals surface area contributed by atoms with Gasteiger partial charge in [0.05, 0.1) is 11.4 Å². The number of hydrogen-bond acceptors (Lipinski definition) is 5. The van der Waals surface area contributed by atoms with Crippen molar-refractivity contribution in [1.29, 1.82) is 0 Å². The molecule has 0 aliphatic carbocycles. The zero-order valence-corrected chi connectivity index (χ0v) is 20.2. The average molecular weight is 524 g/mol. The summed E-state index contributed by atoms with van der Waals surface area (Å²) in [5.41, 5.74) is -1.20. The lowest BCUT2D eigenvalue weighted by molar-refractivity contribution is -0.274. The predicted molar refractivity (Wildman–Crippen MR) is 124 cm³/mol. The minimum absolute atomic E-state index is 0.000411. The molecule has 37 heavy (non-hydrogen) atoms. The first-order valence-corrected chi connectivity index (χ1v) is 11.1. The average Bonchev–Trinajstić information content (AvgIpc) is 3.08. The van der Waals surface area contributed by atoms with E-state index < -0.39 is 52.9 Å². The van der Waals surface area contributed by atoms with E-state index in [2.05, 4.69) is 10.1 Å². The number of phenolic OH excluding ortho intramolecular Hbond substituents is 1. The van der Waals surface area contributed by atoms with Crippen LogP contribution in [0.3, 0.4) is 0 Å². The van der Waals surface area contributed by atoms with Crippen molar-refractivity contribution in [2.45, 2.75) is 51.9 Å². The van der Waals surface area contributed by atoms with Crippen molar-refractivity contribution >= 4 is 28.7 Å². The predicted octanol–water partition coefficient (Wildman–Crippen LogP) is 4.85. The van der Waals surface area contributed by atoms with E-state index in [9.17, 15) is 42.2 Å². The molecule has 0 saturated heterocycles. The number of phenols is 1. The molecule has 0 fully saturated rings. The number of rotatable bonds is 7. The molecule has 12 heteroatoms. The zero-order valence-electron chi connectivity index (χ0n) is 20.2. The number of halogens is 4. The molecule has 0 aliphatic rings. The maximum absolute atomic E-state index is 14.3. The smallest absolute Gasteiger partial charge is 0.505 e. The fourth-order valence-corrected chi connectivity index (χ4v) is 3.99. The second kappa shape index (κ2) is 9.75. The monoisotopic (exact) mass is 524 g/mol. The van der Waals surface area contributed by atoms with Gasteiger partial charge in [-0.3, -0.25) is 14.2 Å². The summed E-state index contributed by atoms with van der Waals surface area (Å²) in [5, 5.41) is 22.1. The van der Waals surface area contributed by atoms with Crippen molar-refractivity contribution in [3.05, 3.63) is 59.0 Å². The van der Waals surface area contributed by atoms with E-state index in [0.29, 0.717) is 0 Å². The Balaban J connectivity index is 2.11. The van der Waals surface area contributed by atoms with Gasteiger partial charge < -0.3 is 20.3 Å². The van der Waals surface area contributed by atoms with Crippen LogP contribution in [-0.4, -0.2) is 44.5 Å². The van der Waals surface area contributed by atoms with Crippen molar-refractivity contribution in [2.24, 2.45) is 0 Å². The Morgan fingerprint density at radius 3 is 2.24 bits per heavy atom. The summed E-state index contributed by atoms with van der Waals surface area (Å²) < 4.78 is 56.6. The van der Waals surface area contributed by atoms with Crippen LogP contribution in [0, 0.1) is 12.7 Å². The number of nitrogens with one attached hydrogen (secondary N) is 1. The Morgan fingerprint density at radius 1 is 1.14 bits per heavy atom. The van der Waals surface area contributed by atoms with E-state index in [1.807, 2.05) is 0 Å². The summed E-state index contributed by atoms with van der Waals surface area (Å²) in [5.74, 6) is -6.02. The number of ether oxygens (including phenoxy) is 1. The first-order chi connectivity index (χ1) is 17.1. The lowest BCUT2D eigenvalue weighted by Crippen LogP contribution is -2.52. The molecule has 3 rings (SSSR count). The minimum Gasteiger partial charge on any atom is -0.505 e. The first kappa shape index (κ1) is 27.5. The van der Waals surface area contributed by atoms with Gasteiger partial charge in [0.2, 0.25) is 5.91 Å². The van der Waals surface area contributed by atoms with Crippen LogP contribution in [0.1, 0.15) is 54.7 Å². The number of alkyl halides is 3. The van der Waals surface area contributed by atoms with Crippen LogP contribution in [0.15, 0.2) is 36.4 Å². The van der Waals surface area contributed by atoms with Crippen LogP contribution in [0.25, 0.3) is 10.9 Å². The fraction of sp³-hybridized carbons (Fsp3) is 0.320. The SMILES string of the molecule is CCC(C)(NC(=O)C(C)c1c(C)n(C(=O)c2ccc(OC(F)(F)F)cc2)c2cc(F)c(O)cc12)C(=O)O. The van der Waals surface area contributed by atoms with Gasteiger partial charge in [-0.05, 0) is 63.1 Å². The Morgan fingerprint density at radius 2 is 1.73 bits per heavy atom. The number of amides is 1. The largest absolute Gasteiger partial charge is 0.573 e. The summed E-state index contributed by atoms with van der Waals surface area (Å²) in [6.45, 7) is 5.87. The van der Waals surface area contributed by atoms with E-state index in [1.165, 1.54) is 20.8 Å². The van der Waals surface area contributed by atoms with Crippen molar-refractivity contribution < 1.29 is 46.9 Å². The number of aromatic nitrogens is 1. The van der Waals surface area contributed by atoms with Gasteiger partial charge >= 0.3 is 12.3 Å². The molecule has 2 aromatic carbocycles. The van der Waals surface area contributed by atoms with Crippen LogP contribution in [0.5, 0.6) is 11.5 Å². The number of carboxylic acid groups (broad SMARTS) is 1. The van der Waals surface area contributed by atoms with Crippen LogP contribution in [0.4, 0.5) is 17.6 Å². The number of carbonyl (C=O) groups excluding carboxylic acids is 2. The molecule has 0 saturated carbocycles. The van der Waals surface area contributed by atoms with Gasteiger partial charge in [-0.15, -0.1) is 13.2 Å². The van der Waals surface area contributed by atoms with E-state index in [0.717, 1.165) is 41.0 Å². The van der Waals surface area contributed by atoms with Crippen LogP contribution in [-0.2, 0) is 9.59 Å². The maximum Gasteiger partial charge on any atom is 0.573 e. The third-order valence-electron chi connectivity index (χ3n) is 6.26. The Bertz CT molecular complexity index is 1380. The molecule has 0 aliphatic heterocycles. The van der Waals surface area contributed by atoms with Crippen molar-refractivity contribution in [1.82, 2.24) is 9.88 Å². The molecule has 3 N–H and O–H groups in total. The number of aromatic hydroxyl groups is 1. The van der Waals surface area contributed by atoms with Gasteiger partial charge in [0, 0.05) is 22.7 Å². The maximum atomic E-state index is 14.3. The topological polar surface area (TPSA) is 118 Å². The Labute approximate surface area is 208 Å². The van der Waals surface area contributed by atoms with Gasteiger partial charge in [-0.25, -0.2) is 9.18 Å². The molecule has 3 aromatic rings. The second-order valence-corrected chi connectivity index (χ2v) is 8.73. The van der Waals surface area contributed by atoms with Gasteiger partial charge in [0.25, 0.3) is 5.91 Å². The van der Waals surface area contributed by atoms with Crippen LogP contribution >= 0.6 is 0 Å². The summed E-state index contributed by atoms with van der Waals surface area (Å²) >= 11 is 0. The minimum atomic E-state index is -4.92. The van der Waals surface area contributed by atoms with Gasteiger partial charge in [-0.1, -0.05) is 6.92 Å². The molecule has 8 nitrogen and oxygen atoms in total. The molecule has 0 radical (unpaired) electrons. The number of carboxylic acids is 1. The number of fused-ring (bicyclic) bond motifs is 1. The number of aliphatic carboxylic acids is 1. The molecule has 1 amide bonds. The highest BCUT2D eigenvalue weighted by Gasteiger charge is 2.36. The molecular weight excluding hydrogens is 500 g/mol. The molecule has 2 atom stereocenters. The van der Waals surface area contributed by atoms with Crippen molar-refractivity contribution in [3.63, 3.8) is 0 Å². The number of hydrogen-bond donors (Lipinski definition) is 3. The van der Waals surface area contributed by atoms with Crippen molar-refractivity contribution in [2.75, 3.05) is 0 Å². The molecule has 1 aromatic heterocycles. The highest BCUT2D eigenvalue weighted by molar-refractivity contribution is 6.06. The molecule has 2 unspecified atom stereocenters. The van der Waals surface area contributed by atoms with E-state index in [1.54, 1.807) is 6.92 Å². The lowest BCUT2D eigenvalue weighted by Gasteiger charge is -2.26. The lowest BCUT2D eigenvalue weighted by atomic mass is 9.93. The second-order valence-electron chi connectivity index (χ2n) is 8.73. The summed E-state index contributed by atoms with van der Waals surface area (Å²) in [6, 6.07) is 6.04. The molecule has 1 heterocycles. The van der Waals surface area contributed by atoms with Crippen LogP contribution in [0.2, 0.25) is 0 Å². The van der Waals surface area contributed by atoms with Gasteiger partial charge in [0.15, 0.2) is 11.6 Å².